The Bertz CT molecular complexity index is 1090. The molecule has 0 radical (unpaired) electrons. The van der Waals surface area contributed by atoms with E-state index in [-0.39, 0.29) is 23.5 Å². The minimum atomic E-state index is -3.82. The maximum atomic E-state index is 13.8. The van der Waals surface area contributed by atoms with Crippen molar-refractivity contribution in [3.63, 3.8) is 0 Å². The standard InChI is InChI=1S/C26H36O8S/c1-5-6-22-33-21-12-18-17-8-7-15-11-16(27)9-10-24(15,2)23(17)19(28)13-25(18,3)26(21,34-22)20(29)14-32-35(4,30)31/h9-11,17-19,21-23,28H,5-8,12-14H2,1-4H3/t17-,18-,19+,21-,22+,23+,24+,25+,26+/m1/s1. The molecule has 4 fully saturated rings. The summed E-state index contributed by atoms with van der Waals surface area (Å²) < 4.78 is 41.1. The van der Waals surface area contributed by atoms with Crippen LogP contribution in [-0.2, 0) is 33.4 Å². The number of aliphatic hydroxyl groups is 1. The molecule has 5 rings (SSSR count). The van der Waals surface area contributed by atoms with Crippen molar-refractivity contribution < 1.29 is 36.8 Å². The monoisotopic (exact) mass is 508 g/mol. The fourth-order valence-electron chi connectivity index (χ4n) is 8.27. The van der Waals surface area contributed by atoms with Crippen molar-refractivity contribution in [1.29, 1.82) is 0 Å². The molecule has 0 bridgehead atoms. The van der Waals surface area contributed by atoms with Gasteiger partial charge in [-0.3, -0.25) is 13.8 Å². The summed E-state index contributed by atoms with van der Waals surface area (Å²) in [4.78, 5) is 25.8. The molecule has 1 heterocycles. The predicted molar refractivity (Wildman–Crippen MR) is 127 cm³/mol. The molecule has 5 aliphatic rings. The molecular formula is C26H36O8S. The molecule has 35 heavy (non-hydrogen) atoms. The number of rotatable bonds is 6. The first-order chi connectivity index (χ1) is 16.4. The highest BCUT2D eigenvalue weighted by atomic mass is 32.2. The zero-order valence-electron chi connectivity index (χ0n) is 20.9. The van der Waals surface area contributed by atoms with E-state index in [0.29, 0.717) is 19.3 Å². The fraction of sp³-hybridized carbons (Fsp3) is 0.769. The van der Waals surface area contributed by atoms with Gasteiger partial charge in [0, 0.05) is 16.7 Å². The molecular weight excluding hydrogens is 472 g/mol. The minimum Gasteiger partial charge on any atom is -0.393 e. The highest BCUT2D eigenvalue weighted by molar-refractivity contribution is 7.86. The van der Waals surface area contributed by atoms with Crippen LogP contribution >= 0.6 is 0 Å². The maximum Gasteiger partial charge on any atom is 0.264 e. The van der Waals surface area contributed by atoms with Crippen LogP contribution in [0.4, 0.5) is 0 Å². The Hall–Kier alpha value is -1.39. The minimum absolute atomic E-state index is 0.0133. The molecule has 1 saturated heterocycles. The lowest BCUT2D eigenvalue weighted by molar-refractivity contribution is -0.200. The zero-order chi connectivity index (χ0) is 25.4. The van der Waals surface area contributed by atoms with Gasteiger partial charge in [-0.2, -0.15) is 8.42 Å². The molecule has 3 saturated carbocycles. The van der Waals surface area contributed by atoms with Gasteiger partial charge in [0.25, 0.3) is 10.1 Å². The van der Waals surface area contributed by atoms with Gasteiger partial charge in [0.15, 0.2) is 23.5 Å². The molecule has 8 nitrogen and oxygen atoms in total. The summed E-state index contributed by atoms with van der Waals surface area (Å²) >= 11 is 0. The SMILES string of the molecule is CCC[C@H]1O[C@@H]2C[C@@H]3[C@H]4CCC5=CC(=O)C=C[C@]5(C)[C@@H]4[C@@H](O)C[C@]3(C)[C@@]2(C(=O)COS(C)(=O)=O)O1. The lowest BCUT2D eigenvalue weighted by Crippen LogP contribution is -2.63. The van der Waals surface area contributed by atoms with Crippen molar-refractivity contribution in [3.05, 3.63) is 23.8 Å². The third-order valence-electron chi connectivity index (χ3n) is 9.63. The molecule has 0 aromatic carbocycles. The third kappa shape index (κ3) is 3.64. The van der Waals surface area contributed by atoms with Gasteiger partial charge in [0.05, 0.1) is 18.5 Å². The van der Waals surface area contributed by atoms with Gasteiger partial charge >= 0.3 is 0 Å². The summed E-state index contributed by atoms with van der Waals surface area (Å²) in [6.07, 6.45) is 8.33. The molecule has 0 spiro atoms. The molecule has 4 aliphatic carbocycles. The Morgan fingerprint density at radius 2 is 2.06 bits per heavy atom. The summed E-state index contributed by atoms with van der Waals surface area (Å²) in [5, 5.41) is 11.7. The average Bonchev–Trinajstić information content (AvgIpc) is 3.24. The Morgan fingerprint density at radius 3 is 2.74 bits per heavy atom. The zero-order valence-corrected chi connectivity index (χ0v) is 21.7. The van der Waals surface area contributed by atoms with Gasteiger partial charge in [0.2, 0.25) is 0 Å². The van der Waals surface area contributed by atoms with Crippen LogP contribution in [0.25, 0.3) is 0 Å². The van der Waals surface area contributed by atoms with Crippen LogP contribution in [0.15, 0.2) is 23.8 Å². The average molecular weight is 509 g/mol. The van der Waals surface area contributed by atoms with Gasteiger partial charge < -0.3 is 14.6 Å². The number of hydrogen-bond donors (Lipinski definition) is 1. The van der Waals surface area contributed by atoms with E-state index in [4.69, 9.17) is 13.7 Å². The second-order valence-electron chi connectivity index (χ2n) is 11.5. The number of carbonyl (C=O) groups excluding carboxylic acids is 2. The molecule has 0 aromatic heterocycles. The van der Waals surface area contributed by atoms with E-state index in [2.05, 4.69) is 6.92 Å². The summed E-state index contributed by atoms with van der Waals surface area (Å²) in [6.45, 7) is 5.50. The molecule has 194 valence electrons. The lowest BCUT2D eigenvalue weighted by Gasteiger charge is -2.59. The number of carbonyl (C=O) groups is 2. The van der Waals surface area contributed by atoms with Gasteiger partial charge in [0.1, 0.15) is 6.61 Å². The van der Waals surface area contributed by atoms with Crippen molar-refractivity contribution in [3.8, 4) is 0 Å². The van der Waals surface area contributed by atoms with E-state index in [1.54, 1.807) is 12.2 Å². The summed E-state index contributed by atoms with van der Waals surface area (Å²) in [7, 11) is -3.82. The first kappa shape index (κ1) is 25.3. The number of aliphatic hydroxyl groups excluding tert-OH is 1. The number of Topliss-reactive ketones (excluding diaryl/α,β-unsaturated/α-hetero) is 1. The number of ketones is 2. The normalized spacial score (nSPS) is 46.4. The Kier molecular flexibility index (Phi) is 6.00. The topological polar surface area (TPSA) is 116 Å². The second kappa shape index (κ2) is 8.31. The van der Waals surface area contributed by atoms with Crippen LogP contribution in [0.2, 0.25) is 0 Å². The highest BCUT2D eigenvalue weighted by Crippen LogP contribution is 2.69. The van der Waals surface area contributed by atoms with E-state index >= 15 is 0 Å². The van der Waals surface area contributed by atoms with Gasteiger partial charge in [-0.1, -0.05) is 38.8 Å². The van der Waals surface area contributed by atoms with E-state index in [9.17, 15) is 23.1 Å². The fourth-order valence-corrected chi connectivity index (χ4v) is 8.59. The van der Waals surface area contributed by atoms with Gasteiger partial charge in [-0.05, 0) is 56.1 Å². The van der Waals surface area contributed by atoms with Crippen LogP contribution in [-0.4, -0.2) is 62.1 Å². The Morgan fingerprint density at radius 1 is 1.31 bits per heavy atom. The van der Waals surface area contributed by atoms with Crippen molar-refractivity contribution >= 4 is 21.7 Å². The van der Waals surface area contributed by atoms with Crippen LogP contribution in [0.5, 0.6) is 0 Å². The van der Waals surface area contributed by atoms with Crippen molar-refractivity contribution in [2.45, 2.75) is 83.4 Å². The largest absolute Gasteiger partial charge is 0.393 e. The quantitative estimate of drug-likeness (QED) is 0.545. The van der Waals surface area contributed by atoms with Gasteiger partial charge in [-0.15, -0.1) is 0 Å². The molecule has 0 aromatic rings. The lowest BCUT2D eigenvalue weighted by atomic mass is 9.46. The molecule has 1 N–H and O–H groups in total. The summed E-state index contributed by atoms with van der Waals surface area (Å²) in [5.74, 6) is -0.398. The molecule has 0 amide bonds. The maximum absolute atomic E-state index is 13.8. The van der Waals surface area contributed by atoms with Crippen LogP contribution in [0.1, 0.15) is 59.3 Å². The van der Waals surface area contributed by atoms with Crippen molar-refractivity contribution in [2.24, 2.45) is 28.6 Å². The van der Waals surface area contributed by atoms with E-state index in [1.165, 1.54) is 0 Å². The van der Waals surface area contributed by atoms with Crippen molar-refractivity contribution in [2.75, 3.05) is 12.9 Å². The molecule has 9 heteroatoms. The van der Waals surface area contributed by atoms with Crippen LogP contribution < -0.4 is 0 Å². The number of allylic oxidation sites excluding steroid dienone is 4. The molecule has 1 aliphatic heterocycles. The molecule has 0 unspecified atom stereocenters. The van der Waals surface area contributed by atoms with E-state index < -0.39 is 57.4 Å². The predicted octanol–water partition coefficient (Wildman–Crippen LogP) is 2.70. The Balaban J connectivity index is 1.53. The van der Waals surface area contributed by atoms with Crippen molar-refractivity contribution in [1.82, 2.24) is 0 Å². The third-order valence-corrected chi connectivity index (χ3v) is 10.2. The smallest absolute Gasteiger partial charge is 0.264 e. The summed E-state index contributed by atoms with van der Waals surface area (Å²) in [5.41, 5.74) is -1.47. The number of fused-ring (bicyclic) bond motifs is 7. The number of ether oxygens (including phenoxy) is 2. The van der Waals surface area contributed by atoms with Crippen LogP contribution in [0.3, 0.4) is 0 Å². The van der Waals surface area contributed by atoms with Gasteiger partial charge in [-0.25, -0.2) is 0 Å². The first-order valence-electron chi connectivity index (χ1n) is 12.7. The number of hydrogen-bond acceptors (Lipinski definition) is 8. The molecule has 9 atom stereocenters. The van der Waals surface area contributed by atoms with E-state index in [1.807, 2.05) is 19.9 Å². The Labute approximate surface area is 207 Å². The second-order valence-corrected chi connectivity index (χ2v) is 13.2. The van der Waals surface area contributed by atoms with Crippen LogP contribution in [0, 0.1) is 28.6 Å². The summed E-state index contributed by atoms with van der Waals surface area (Å²) in [6, 6.07) is 0. The van der Waals surface area contributed by atoms with E-state index in [0.717, 1.165) is 31.1 Å². The first-order valence-corrected chi connectivity index (χ1v) is 14.5. The highest BCUT2D eigenvalue weighted by Gasteiger charge is 2.75.